The molecule has 0 aromatic heterocycles. The van der Waals surface area contributed by atoms with Crippen LogP contribution < -0.4 is 10.6 Å². The first-order chi connectivity index (χ1) is 7.75. The van der Waals surface area contributed by atoms with Gasteiger partial charge < -0.3 is 15.4 Å². The highest BCUT2D eigenvalue weighted by Gasteiger charge is 2.21. The molecule has 0 aliphatic carbocycles. The molecule has 1 aromatic carbocycles. The first kappa shape index (κ1) is 11.8. The molecule has 4 nitrogen and oxygen atoms in total. The molecule has 1 heterocycles. The summed E-state index contributed by atoms with van der Waals surface area (Å²) < 4.78 is 6.50. The van der Waals surface area contributed by atoms with E-state index in [1.54, 1.807) is 0 Å². The van der Waals surface area contributed by atoms with Crippen LogP contribution in [0.5, 0.6) is 0 Å². The maximum Gasteiger partial charge on any atom is 0.254 e. The summed E-state index contributed by atoms with van der Waals surface area (Å²) in [4.78, 5) is 11.8. The smallest absolute Gasteiger partial charge is 0.254 e. The van der Waals surface area contributed by atoms with Gasteiger partial charge in [-0.25, -0.2) is 0 Å². The van der Waals surface area contributed by atoms with E-state index >= 15 is 0 Å². The van der Waals surface area contributed by atoms with Crippen molar-refractivity contribution >= 4 is 34.2 Å². The van der Waals surface area contributed by atoms with E-state index in [0.717, 1.165) is 15.8 Å². The topological polar surface area (TPSA) is 50.4 Å². The Bertz CT molecular complexity index is 361. The lowest BCUT2D eigenvalue weighted by Crippen LogP contribution is -2.45. The number of anilines is 1. The monoisotopic (exact) mass is 332 g/mol. The number of nitrogens with one attached hydrogen (secondary N) is 2. The Kier molecular flexibility index (Phi) is 4.14. The van der Waals surface area contributed by atoms with Crippen LogP contribution >= 0.6 is 22.6 Å². The molecule has 5 heteroatoms. The molecule has 2 N–H and O–H groups in total. The van der Waals surface area contributed by atoms with E-state index in [2.05, 4.69) is 33.2 Å². The Morgan fingerprint density at radius 1 is 1.44 bits per heavy atom. The van der Waals surface area contributed by atoms with Crippen LogP contribution in [-0.2, 0) is 9.53 Å². The average molecular weight is 332 g/mol. The van der Waals surface area contributed by atoms with Gasteiger partial charge in [0.1, 0.15) is 6.10 Å². The lowest BCUT2D eigenvalue weighted by atomic mass is 10.2. The Labute approximate surface area is 108 Å². The van der Waals surface area contributed by atoms with Gasteiger partial charge in [0.25, 0.3) is 5.91 Å². The Balaban J connectivity index is 1.93. The third kappa shape index (κ3) is 3.16. The van der Waals surface area contributed by atoms with Crippen LogP contribution in [-0.4, -0.2) is 31.7 Å². The normalized spacial score (nSPS) is 20.4. The molecular weight excluding hydrogens is 319 g/mol. The molecule has 1 unspecified atom stereocenters. The van der Waals surface area contributed by atoms with E-state index in [1.165, 1.54) is 0 Å². The SMILES string of the molecule is O=C(Nc1ccc(I)cc1)C1CNCCO1. The van der Waals surface area contributed by atoms with Crippen molar-refractivity contribution in [1.29, 1.82) is 0 Å². The van der Waals surface area contributed by atoms with Gasteiger partial charge in [-0.3, -0.25) is 4.79 Å². The molecule has 2 rings (SSSR count). The first-order valence-corrected chi connectivity index (χ1v) is 6.22. The fourth-order valence-electron chi connectivity index (χ4n) is 1.49. The van der Waals surface area contributed by atoms with Gasteiger partial charge in [0, 0.05) is 22.3 Å². The number of hydrogen-bond acceptors (Lipinski definition) is 3. The van der Waals surface area contributed by atoms with Crippen molar-refractivity contribution in [1.82, 2.24) is 5.32 Å². The summed E-state index contributed by atoms with van der Waals surface area (Å²) in [6, 6.07) is 7.68. The third-order valence-electron chi connectivity index (χ3n) is 2.33. The fourth-order valence-corrected chi connectivity index (χ4v) is 1.85. The second kappa shape index (κ2) is 5.60. The van der Waals surface area contributed by atoms with Gasteiger partial charge in [-0.1, -0.05) is 0 Å². The molecule has 1 aromatic rings. The van der Waals surface area contributed by atoms with Crippen molar-refractivity contribution in [3.8, 4) is 0 Å². The summed E-state index contributed by atoms with van der Waals surface area (Å²) in [5, 5.41) is 5.96. The molecule has 1 fully saturated rings. The molecule has 86 valence electrons. The van der Waals surface area contributed by atoms with Gasteiger partial charge in [0.2, 0.25) is 0 Å². The van der Waals surface area contributed by atoms with E-state index in [-0.39, 0.29) is 12.0 Å². The molecule has 0 spiro atoms. The number of amides is 1. The fraction of sp³-hybridized carbons (Fsp3) is 0.364. The molecule has 1 atom stereocenters. The van der Waals surface area contributed by atoms with Crippen molar-refractivity contribution in [2.45, 2.75) is 6.10 Å². The molecule has 0 saturated carbocycles. The molecule has 0 radical (unpaired) electrons. The van der Waals surface area contributed by atoms with E-state index in [0.29, 0.717) is 13.2 Å². The summed E-state index contributed by atoms with van der Waals surface area (Å²) in [5.41, 5.74) is 0.805. The highest BCUT2D eigenvalue weighted by molar-refractivity contribution is 14.1. The molecular formula is C11H13IN2O2. The number of ether oxygens (including phenoxy) is 1. The van der Waals surface area contributed by atoms with Crippen LogP contribution in [0.4, 0.5) is 5.69 Å². The Morgan fingerprint density at radius 3 is 2.81 bits per heavy atom. The molecule has 1 amide bonds. The number of halogens is 1. The van der Waals surface area contributed by atoms with Crippen LogP contribution in [0.25, 0.3) is 0 Å². The van der Waals surface area contributed by atoms with Gasteiger partial charge in [-0.2, -0.15) is 0 Å². The molecule has 1 aliphatic heterocycles. The first-order valence-electron chi connectivity index (χ1n) is 5.14. The van der Waals surface area contributed by atoms with Crippen LogP contribution in [0.2, 0.25) is 0 Å². The number of carbonyl (C=O) groups excluding carboxylic acids is 1. The van der Waals surface area contributed by atoms with Crippen LogP contribution in [0.1, 0.15) is 0 Å². The van der Waals surface area contributed by atoms with Crippen LogP contribution in [0.15, 0.2) is 24.3 Å². The number of benzene rings is 1. The van der Waals surface area contributed by atoms with Crippen LogP contribution in [0.3, 0.4) is 0 Å². The van der Waals surface area contributed by atoms with E-state index < -0.39 is 0 Å². The van der Waals surface area contributed by atoms with Crippen molar-refractivity contribution in [2.24, 2.45) is 0 Å². The zero-order valence-corrected chi connectivity index (χ0v) is 10.9. The number of carbonyl (C=O) groups is 1. The molecule has 1 aliphatic rings. The summed E-state index contributed by atoms with van der Waals surface area (Å²) in [5.74, 6) is -0.0894. The van der Waals surface area contributed by atoms with Gasteiger partial charge in [0.15, 0.2) is 0 Å². The lowest BCUT2D eigenvalue weighted by molar-refractivity contribution is -0.128. The van der Waals surface area contributed by atoms with Crippen molar-refractivity contribution in [3.63, 3.8) is 0 Å². The van der Waals surface area contributed by atoms with E-state index in [1.807, 2.05) is 24.3 Å². The van der Waals surface area contributed by atoms with Gasteiger partial charge in [-0.05, 0) is 46.9 Å². The maximum absolute atomic E-state index is 11.8. The number of rotatable bonds is 2. The van der Waals surface area contributed by atoms with Gasteiger partial charge in [-0.15, -0.1) is 0 Å². The highest BCUT2D eigenvalue weighted by Crippen LogP contribution is 2.12. The van der Waals surface area contributed by atoms with Crippen molar-refractivity contribution in [3.05, 3.63) is 27.8 Å². The minimum atomic E-state index is -0.381. The predicted octanol–water partition coefficient (Wildman–Crippen LogP) is 1.22. The van der Waals surface area contributed by atoms with Crippen molar-refractivity contribution < 1.29 is 9.53 Å². The largest absolute Gasteiger partial charge is 0.366 e. The minimum absolute atomic E-state index is 0.0894. The zero-order valence-electron chi connectivity index (χ0n) is 8.70. The van der Waals surface area contributed by atoms with Gasteiger partial charge >= 0.3 is 0 Å². The molecule has 16 heavy (non-hydrogen) atoms. The maximum atomic E-state index is 11.8. The zero-order chi connectivity index (χ0) is 11.4. The average Bonchev–Trinajstić information content (AvgIpc) is 2.33. The summed E-state index contributed by atoms with van der Waals surface area (Å²) >= 11 is 2.23. The summed E-state index contributed by atoms with van der Waals surface area (Å²) in [7, 11) is 0. The van der Waals surface area contributed by atoms with E-state index in [9.17, 15) is 4.79 Å². The molecule has 0 bridgehead atoms. The standard InChI is InChI=1S/C11H13IN2O2/c12-8-1-3-9(4-2-8)14-11(15)10-7-13-5-6-16-10/h1-4,10,13H,5-7H2,(H,14,15). The van der Waals surface area contributed by atoms with Gasteiger partial charge in [0.05, 0.1) is 6.61 Å². The quantitative estimate of drug-likeness (QED) is 0.801. The summed E-state index contributed by atoms with van der Waals surface area (Å²) in [6.07, 6.45) is -0.381. The third-order valence-corrected chi connectivity index (χ3v) is 3.05. The van der Waals surface area contributed by atoms with Crippen molar-refractivity contribution in [2.75, 3.05) is 25.0 Å². The second-order valence-electron chi connectivity index (χ2n) is 3.56. The minimum Gasteiger partial charge on any atom is -0.366 e. The Hall–Kier alpha value is -0.660. The number of hydrogen-bond donors (Lipinski definition) is 2. The molecule has 1 saturated heterocycles. The Morgan fingerprint density at radius 2 is 2.19 bits per heavy atom. The predicted molar refractivity (Wildman–Crippen MR) is 70.4 cm³/mol. The lowest BCUT2D eigenvalue weighted by Gasteiger charge is -2.22. The van der Waals surface area contributed by atoms with E-state index in [4.69, 9.17) is 4.74 Å². The number of morpholine rings is 1. The second-order valence-corrected chi connectivity index (χ2v) is 4.81. The van der Waals surface area contributed by atoms with Crippen LogP contribution in [0, 0.1) is 3.57 Å². The summed E-state index contributed by atoms with van der Waals surface area (Å²) in [6.45, 7) is 1.98. The highest BCUT2D eigenvalue weighted by atomic mass is 127.